The first-order valence-electron chi connectivity index (χ1n) is 13.3. The van der Waals surface area contributed by atoms with Gasteiger partial charge in [-0.05, 0) is 40.4 Å². The van der Waals surface area contributed by atoms with Crippen molar-refractivity contribution >= 4 is 43.0 Å². The van der Waals surface area contributed by atoms with Gasteiger partial charge < -0.3 is 0 Å². The highest BCUT2D eigenvalue weighted by atomic mass is 32.1. The fraction of sp³-hybridized carbons (Fsp3) is 0.161. The first-order valence-corrected chi connectivity index (χ1v) is 14.1. The molecule has 18 heteroatoms. The summed E-state index contributed by atoms with van der Waals surface area (Å²) < 4.78 is 216. The van der Waals surface area contributed by atoms with Gasteiger partial charge in [-0.15, -0.1) is 21.5 Å². The van der Waals surface area contributed by atoms with Gasteiger partial charge in [0.2, 0.25) is 0 Å². The molecule has 0 spiro atoms. The summed E-state index contributed by atoms with van der Waals surface area (Å²) in [6.45, 7) is 0. The van der Waals surface area contributed by atoms with Crippen molar-refractivity contribution in [2.45, 2.75) is 30.9 Å². The standard InChI is InChI=1S/C31H11F15N2S/c32-27(33,34)20-19(21(28(35,36)37)23(30(41,42)43)24(31(44,45)46)22(20)29(38,39)40)26-16-10-13-6-2-1-5-12(13)9-15(16)25(47-48-26)18-11-14-7-3-4-8-17(14)49-18/h1-11H. The van der Waals surface area contributed by atoms with Gasteiger partial charge in [-0.3, -0.25) is 0 Å². The number of fused-ring (bicyclic) bond motifs is 3. The van der Waals surface area contributed by atoms with E-state index < -0.39 is 75.3 Å². The van der Waals surface area contributed by atoms with Crippen molar-refractivity contribution in [2.24, 2.45) is 0 Å². The van der Waals surface area contributed by atoms with E-state index in [1.54, 1.807) is 24.3 Å². The molecule has 0 amide bonds. The summed E-state index contributed by atoms with van der Waals surface area (Å²) >= 11 is 1.02. The number of benzene rings is 4. The average Bonchev–Trinajstić information content (AvgIpc) is 3.40. The van der Waals surface area contributed by atoms with Gasteiger partial charge in [-0.25, -0.2) is 0 Å². The number of rotatable bonds is 2. The predicted octanol–water partition coefficient (Wildman–Crippen LogP) is 12.4. The van der Waals surface area contributed by atoms with Gasteiger partial charge in [0.05, 0.1) is 32.7 Å². The van der Waals surface area contributed by atoms with Crippen LogP contribution in [-0.2, 0) is 30.9 Å². The van der Waals surface area contributed by atoms with E-state index in [1.807, 2.05) is 0 Å². The Morgan fingerprint density at radius 2 is 0.776 bits per heavy atom. The molecule has 4 aromatic carbocycles. The lowest BCUT2D eigenvalue weighted by Crippen LogP contribution is -2.32. The summed E-state index contributed by atoms with van der Waals surface area (Å²) in [6.07, 6.45) is -34.3. The lowest BCUT2D eigenvalue weighted by Gasteiger charge is -2.30. The predicted molar refractivity (Wildman–Crippen MR) is 148 cm³/mol. The second-order valence-corrected chi connectivity index (χ2v) is 11.6. The summed E-state index contributed by atoms with van der Waals surface area (Å²) in [5, 5.41) is 6.74. The molecule has 0 saturated carbocycles. The highest BCUT2D eigenvalue weighted by Gasteiger charge is 2.61. The highest BCUT2D eigenvalue weighted by molar-refractivity contribution is 7.22. The molecule has 0 radical (unpaired) electrons. The fourth-order valence-electron chi connectivity index (χ4n) is 5.71. The van der Waals surface area contributed by atoms with Gasteiger partial charge in [-0.2, -0.15) is 65.9 Å². The molecule has 2 heterocycles. The Kier molecular flexibility index (Phi) is 7.65. The Morgan fingerprint density at radius 3 is 1.20 bits per heavy atom. The summed E-state index contributed by atoms with van der Waals surface area (Å²) in [6, 6.07) is 15.7. The van der Waals surface area contributed by atoms with Crippen molar-refractivity contribution in [3.8, 4) is 21.8 Å². The molecule has 0 aliphatic carbocycles. The maximum absolute atomic E-state index is 14.6. The quantitative estimate of drug-likeness (QED) is 0.131. The molecule has 6 aromatic rings. The van der Waals surface area contributed by atoms with Crippen molar-refractivity contribution in [3.05, 3.63) is 94.5 Å². The SMILES string of the molecule is FC(F)(F)c1c(-c2nnc(-c3cc4ccccc4s3)c3cc4ccccc4cc23)c(C(F)(F)F)c(C(F)(F)F)c(C(F)(F)F)c1C(F)(F)F. The molecule has 256 valence electrons. The van der Waals surface area contributed by atoms with E-state index in [2.05, 4.69) is 10.2 Å². The smallest absolute Gasteiger partial charge is 0.166 e. The minimum absolute atomic E-state index is 0.0349. The Labute approximate surface area is 266 Å². The molecule has 49 heavy (non-hydrogen) atoms. The Morgan fingerprint density at radius 1 is 0.408 bits per heavy atom. The zero-order valence-electron chi connectivity index (χ0n) is 23.3. The number of nitrogens with zero attached hydrogens (tertiary/aromatic N) is 2. The molecule has 6 rings (SSSR count). The summed E-state index contributed by atoms with van der Waals surface area (Å²) in [5.41, 5.74) is -24.5. The van der Waals surface area contributed by atoms with Crippen molar-refractivity contribution < 1.29 is 65.9 Å². The van der Waals surface area contributed by atoms with Crippen LogP contribution >= 0.6 is 11.3 Å². The lowest BCUT2D eigenvalue weighted by molar-refractivity contribution is -0.188. The molecule has 0 unspecified atom stereocenters. The zero-order chi connectivity index (χ0) is 36.1. The fourth-order valence-corrected chi connectivity index (χ4v) is 6.77. The third kappa shape index (κ3) is 5.88. The lowest BCUT2D eigenvalue weighted by atomic mass is 9.82. The monoisotopic (exact) mass is 728 g/mol. The molecule has 0 atom stereocenters. The second kappa shape index (κ2) is 10.9. The van der Waals surface area contributed by atoms with Gasteiger partial charge in [0, 0.05) is 21.0 Å². The van der Waals surface area contributed by atoms with Gasteiger partial charge in [-0.1, -0.05) is 42.5 Å². The van der Waals surface area contributed by atoms with Gasteiger partial charge in [0.25, 0.3) is 0 Å². The van der Waals surface area contributed by atoms with Crippen molar-refractivity contribution in [3.63, 3.8) is 0 Å². The Hall–Kier alpha value is -4.61. The third-order valence-electron chi connectivity index (χ3n) is 7.46. The molecule has 0 fully saturated rings. The van der Waals surface area contributed by atoms with Crippen LogP contribution in [0, 0.1) is 0 Å². The minimum Gasteiger partial charge on any atom is -0.166 e. The molecule has 0 aliphatic heterocycles. The minimum atomic E-state index is -7.01. The van der Waals surface area contributed by atoms with E-state index in [1.165, 1.54) is 36.4 Å². The number of hydrogen-bond donors (Lipinski definition) is 0. The first kappa shape index (κ1) is 34.3. The molecule has 2 nitrogen and oxygen atoms in total. The van der Waals surface area contributed by atoms with Crippen LogP contribution < -0.4 is 0 Å². The average molecular weight is 728 g/mol. The van der Waals surface area contributed by atoms with Gasteiger partial charge in [0.1, 0.15) is 11.4 Å². The molecule has 0 saturated heterocycles. The Balaban J connectivity index is 1.92. The first-order chi connectivity index (χ1) is 22.5. The number of aromatic nitrogens is 2. The molecule has 2 aromatic heterocycles. The third-order valence-corrected chi connectivity index (χ3v) is 8.58. The highest BCUT2D eigenvalue weighted by Crippen LogP contribution is 2.59. The van der Waals surface area contributed by atoms with Crippen LogP contribution in [0.5, 0.6) is 0 Å². The normalized spacial score (nSPS) is 13.6. The molecular weight excluding hydrogens is 717 g/mol. The largest absolute Gasteiger partial charge is 0.417 e. The van der Waals surface area contributed by atoms with Crippen molar-refractivity contribution in [2.75, 3.05) is 0 Å². The van der Waals surface area contributed by atoms with Crippen LogP contribution in [0.3, 0.4) is 0 Å². The van der Waals surface area contributed by atoms with Crippen molar-refractivity contribution in [1.29, 1.82) is 0 Å². The van der Waals surface area contributed by atoms with Crippen LogP contribution in [0.1, 0.15) is 27.8 Å². The van der Waals surface area contributed by atoms with E-state index in [0.717, 1.165) is 17.4 Å². The molecule has 0 aliphatic rings. The van der Waals surface area contributed by atoms with E-state index in [0.29, 0.717) is 10.1 Å². The topological polar surface area (TPSA) is 25.8 Å². The second-order valence-electron chi connectivity index (χ2n) is 10.5. The van der Waals surface area contributed by atoms with Crippen LogP contribution in [0.4, 0.5) is 65.9 Å². The maximum Gasteiger partial charge on any atom is 0.417 e. The van der Waals surface area contributed by atoms with Gasteiger partial charge in [0.15, 0.2) is 0 Å². The zero-order valence-corrected chi connectivity index (χ0v) is 24.1. The summed E-state index contributed by atoms with van der Waals surface area (Å²) in [4.78, 5) is 0.201. The van der Waals surface area contributed by atoms with Crippen LogP contribution in [-0.4, -0.2) is 10.2 Å². The van der Waals surface area contributed by atoms with E-state index in [4.69, 9.17) is 0 Å². The molecular formula is C31H11F15N2S. The van der Waals surface area contributed by atoms with E-state index in [-0.39, 0.29) is 26.7 Å². The summed E-state index contributed by atoms with van der Waals surface area (Å²) in [5.74, 6) is 0. The summed E-state index contributed by atoms with van der Waals surface area (Å²) in [7, 11) is 0. The number of alkyl halides is 15. The maximum atomic E-state index is 14.6. The van der Waals surface area contributed by atoms with Crippen molar-refractivity contribution in [1.82, 2.24) is 10.2 Å². The van der Waals surface area contributed by atoms with Crippen LogP contribution in [0.2, 0.25) is 0 Å². The van der Waals surface area contributed by atoms with E-state index in [9.17, 15) is 65.9 Å². The number of thiophene rings is 1. The van der Waals surface area contributed by atoms with Crippen LogP contribution in [0.15, 0.2) is 66.7 Å². The van der Waals surface area contributed by atoms with Gasteiger partial charge >= 0.3 is 30.9 Å². The molecule has 0 bridgehead atoms. The number of hydrogen-bond acceptors (Lipinski definition) is 3. The molecule has 0 N–H and O–H groups in total. The number of halogens is 15. The van der Waals surface area contributed by atoms with Crippen LogP contribution in [0.25, 0.3) is 53.5 Å². The Bertz CT molecular complexity index is 2190. The van der Waals surface area contributed by atoms with E-state index >= 15 is 0 Å².